The molecule has 2 rings (SSSR count). The molecular weight excluding hydrogens is 290 g/mol. The molecule has 0 radical (unpaired) electrons. The molecule has 0 amide bonds. The lowest BCUT2D eigenvalue weighted by atomic mass is 10.0. The van der Waals surface area contributed by atoms with E-state index in [1.54, 1.807) is 0 Å². The summed E-state index contributed by atoms with van der Waals surface area (Å²) in [6.07, 6.45) is 3.91. The van der Waals surface area contributed by atoms with Crippen LogP contribution >= 0.6 is 15.9 Å². The largest absolute Gasteiger partial charge is 0.491 e. The van der Waals surface area contributed by atoms with Crippen LogP contribution in [0.2, 0.25) is 0 Å². The summed E-state index contributed by atoms with van der Waals surface area (Å²) in [6, 6.07) is 4.81. The van der Waals surface area contributed by atoms with Gasteiger partial charge in [0.05, 0.1) is 0 Å². The van der Waals surface area contributed by atoms with Crippen LogP contribution in [-0.4, -0.2) is 31.1 Å². The van der Waals surface area contributed by atoms with Gasteiger partial charge in [0, 0.05) is 10.5 Å². The minimum absolute atomic E-state index is 0.571. The summed E-state index contributed by atoms with van der Waals surface area (Å²) < 4.78 is 7.19. The van der Waals surface area contributed by atoms with Gasteiger partial charge >= 0.3 is 0 Å². The average molecular weight is 312 g/mol. The molecule has 1 atom stereocenters. The fourth-order valence-electron chi connectivity index (χ4n) is 2.66. The first-order valence-electron chi connectivity index (χ1n) is 6.67. The highest BCUT2D eigenvalue weighted by atomic mass is 79.9. The number of ether oxygens (including phenoxy) is 1. The normalized spacial score (nSPS) is 21.0. The van der Waals surface area contributed by atoms with E-state index in [9.17, 15) is 0 Å². The van der Waals surface area contributed by atoms with Crippen LogP contribution < -0.4 is 4.74 Å². The second kappa shape index (κ2) is 6.07. The zero-order chi connectivity index (χ0) is 13.1. The molecule has 1 aromatic rings. The fraction of sp³-hybridized carbons (Fsp3) is 0.600. The topological polar surface area (TPSA) is 12.5 Å². The van der Waals surface area contributed by atoms with Gasteiger partial charge in [0.2, 0.25) is 0 Å². The molecule has 18 heavy (non-hydrogen) atoms. The van der Waals surface area contributed by atoms with Crippen molar-refractivity contribution in [2.45, 2.75) is 39.2 Å². The molecule has 1 heterocycles. The number of benzene rings is 1. The van der Waals surface area contributed by atoms with E-state index < -0.39 is 0 Å². The second-order valence-corrected chi connectivity index (χ2v) is 6.23. The van der Waals surface area contributed by atoms with Crippen molar-refractivity contribution in [2.75, 3.05) is 20.2 Å². The first-order chi connectivity index (χ1) is 8.58. The molecule has 1 aromatic carbocycles. The Balaban J connectivity index is 2.01. The van der Waals surface area contributed by atoms with E-state index in [4.69, 9.17) is 4.74 Å². The molecule has 1 aliphatic rings. The Morgan fingerprint density at radius 3 is 2.56 bits per heavy atom. The lowest BCUT2D eigenvalue weighted by Gasteiger charge is -2.32. The van der Waals surface area contributed by atoms with Crippen molar-refractivity contribution in [1.29, 1.82) is 0 Å². The zero-order valence-corrected chi connectivity index (χ0v) is 13.1. The van der Waals surface area contributed by atoms with E-state index in [1.807, 2.05) is 0 Å². The Kier molecular flexibility index (Phi) is 4.68. The first-order valence-corrected chi connectivity index (χ1v) is 7.47. The predicted octanol–water partition coefficient (Wildman–Crippen LogP) is 3.93. The van der Waals surface area contributed by atoms with Crippen molar-refractivity contribution in [3.63, 3.8) is 0 Å². The fourth-order valence-corrected chi connectivity index (χ4v) is 3.35. The van der Waals surface area contributed by atoms with Gasteiger partial charge in [-0.2, -0.15) is 0 Å². The summed E-state index contributed by atoms with van der Waals surface area (Å²) in [7, 11) is 2.20. The maximum absolute atomic E-state index is 6.07. The monoisotopic (exact) mass is 311 g/mol. The summed E-state index contributed by atoms with van der Waals surface area (Å²) in [5, 5.41) is 0. The minimum Gasteiger partial charge on any atom is -0.491 e. The van der Waals surface area contributed by atoms with Crippen LogP contribution in [-0.2, 0) is 0 Å². The number of nitrogens with zero attached hydrogens (tertiary/aromatic N) is 1. The molecule has 0 aromatic heterocycles. The van der Waals surface area contributed by atoms with Crippen LogP contribution in [0.25, 0.3) is 0 Å². The van der Waals surface area contributed by atoms with Crippen LogP contribution in [0, 0.1) is 13.8 Å². The second-order valence-electron chi connectivity index (χ2n) is 5.31. The van der Waals surface area contributed by atoms with E-state index in [-0.39, 0.29) is 0 Å². The highest BCUT2D eigenvalue weighted by molar-refractivity contribution is 9.10. The third-order valence-corrected chi connectivity index (χ3v) is 4.22. The molecule has 100 valence electrons. The average Bonchev–Trinajstić information content (AvgIpc) is 2.30. The standard InChI is InChI=1S/C15H22BrNO/c1-11-8-13(16)9-12(2)15(11)18-10-14-6-4-5-7-17(14)3/h8-9,14H,4-7,10H2,1-3H3/t14-/m0/s1. The lowest BCUT2D eigenvalue weighted by molar-refractivity contribution is 0.124. The number of hydrogen-bond acceptors (Lipinski definition) is 2. The molecule has 0 bridgehead atoms. The van der Waals surface area contributed by atoms with E-state index in [2.05, 4.69) is 53.9 Å². The molecule has 0 saturated carbocycles. The molecule has 2 nitrogen and oxygen atoms in total. The molecule has 1 fully saturated rings. The Morgan fingerprint density at radius 2 is 1.94 bits per heavy atom. The Morgan fingerprint density at radius 1 is 1.28 bits per heavy atom. The van der Waals surface area contributed by atoms with Crippen molar-refractivity contribution >= 4 is 15.9 Å². The van der Waals surface area contributed by atoms with Crippen LogP contribution in [0.1, 0.15) is 30.4 Å². The summed E-state index contributed by atoms with van der Waals surface area (Å²) in [6.45, 7) is 6.22. The number of piperidine rings is 1. The molecule has 3 heteroatoms. The molecule has 0 unspecified atom stereocenters. The number of likely N-dealkylation sites (tertiary alicyclic amines) is 1. The van der Waals surface area contributed by atoms with Crippen molar-refractivity contribution in [2.24, 2.45) is 0 Å². The Bertz CT molecular complexity index is 396. The predicted molar refractivity (Wildman–Crippen MR) is 79.4 cm³/mol. The number of hydrogen-bond donors (Lipinski definition) is 0. The van der Waals surface area contributed by atoms with E-state index in [0.717, 1.165) is 16.8 Å². The molecular formula is C15H22BrNO. The molecule has 0 aliphatic carbocycles. The Hall–Kier alpha value is -0.540. The van der Waals surface area contributed by atoms with Crippen molar-refractivity contribution < 1.29 is 4.74 Å². The van der Waals surface area contributed by atoms with E-state index in [0.29, 0.717) is 6.04 Å². The first kappa shape index (κ1) is 13.9. The third kappa shape index (κ3) is 3.27. The van der Waals surface area contributed by atoms with Gasteiger partial charge in [-0.3, -0.25) is 0 Å². The van der Waals surface area contributed by atoms with Crippen LogP contribution in [0.3, 0.4) is 0 Å². The van der Waals surface area contributed by atoms with Gasteiger partial charge in [-0.1, -0.05) is 22.4 Å². The molecule has 1 aliphatic heterocycles. The van der Waals surface area contributed by atoms with Gasteiger partial charge in [-0.05, 0) is 63.5 Å². The maximum Gasteiger partial charge on any atom is 0.125 e. The SMILES string of the molecule is Cc1cc(Br)cc(C)c1OC[C@@H]1CCCCN1C. The highest BCUT2D eigenvalue weighted by Gasteiger charge is 2.20. The van der Waals surface area contributed by atoms with Gasteiger partial charge in [0.25, 0.3) is 0 Å². The smallest absolute Gasteiger partial charge is 0.125 e. The quantitative estimate of drug-likeness (QED) is 0.838. The van der Waals surface area contributed by atoms with Gasteiger partial charge in [-0.15, -0.1) is 0 Å². The summed E-state index contributed by atoms with van der Waals surface area (Å²) >= 11 is 3.52. The maximum atomic E-state index is 6.07. The van der Waals surface area contributed by atoms with Gasteiger partial charge in [-0.25, -0.2) is 0 Å². The highest BCUT2D eigenvalue weighted by Crippen LogP contribution is 2.28. The van der Waals surface area contributed by atoms with Gasteiger partial charge in [0.15, 0.2) is 0 Å². The summed E-state index contributed by atoms with van der Waals surface area (Å²) in [4.78, 5) is 2.42. The summed E-state index contributed by atoms with van der Waals surface area (Å²) in [5.41, 5.74) is 2.42. The van der Waals surface area contributed by atoms with Crippen LogP contribution in [0.15, 0.2) is 16.6 Å². The van der Waals surface area contributed by atoms with E-state index in [1.165, 1.54) is 36.9 Å². The zero-order valence-electron chi connectivity index (χ0n) is 11.5. The lowest BCUT2D eigenvalue weighted by Crippen LogP contribution is -2.40. The number of halogens is 1. The van der Waals surface area contributed by atoms with Gasteiger partial charge in [0.1, 0.15) is 12.4 Å². The number of aryl methyl sites for hydroxylation is 2. The van der Waals surface area contributed by atoms with Crippen molar-refractivity contribution in [3.05, 3.63) is 27.7 Å². The molecule has 1 saturated heterocycles. The van der Waals surface area contributed by atoms with Crippen molar-refractivity contribution in [1.82, 2.24) is 4.90 Å². The Labute approximate surface area is 118 Å². The van der Waals surface area contributed by atoms with Crippen LogP contribution in [0.5, 0.6) is 5.75 Å². The van der Waals surface area contributed by atoms with E-state index >= 15 is 0 Å². The van der Waals surface area contributed by atoms with Crippen LogP contribution in [0.4, 0.5) is 0 Å². The summed E-state index contributed by atoms with van der Waals surface area (Å²) in [5.74, 6) is 1.05. The molecule has 0 spiro atoms. The van der Waals surface area contributed by atoms with Gasteiger partial charge < -0.3 is 9.64 Å². The molecule has 0 N–H and O–H groups in total. The number of rotatable bonds is 3. The number of likely N-dealkylation sites (N-methyl/N-ethyl adjacent to an activating group) is 1. The third-order valence-electron chi connectivity index (χ3n) is 3.77. The minimum atomic E-state index is 0.571. The van der Waals surface area contributed by atoms with Crippen molar-refractivity contribution in [3.8, 4) is 5.75 Å².